The first kappa shape index (κ1) is 26.6. The lowest BCUT2D eigenvalue weighted by Crippen LogP contribution is -2.63. The second-order valence-electron chi connectivity index (χ2n) is 9.48. The van der Waals surface area contributed by atoms with Gasteiger partial charge in [0.25, 0.3) is 0 Å². The zero-order valence-corrected chi connectivity index (χ0v) is 21.2. The Bertz CT molecular complexity index is 1220. The van der Waals surface area contributed by atoms with Gasteiger partial charge >= 0.3 is 11.9 Å². The van der Waals surface area contributed by atoms with E-state index < -0.39 is 47.9 Å². The van der Waals surface area contributed by atoms with Gasteiger partial charge in [0.15, 0.2) is 0 Å². The predicted molar refractivity (Wildman–Crippen MR) is 134 cm³/mol. The molecule has 4 rings (SSSR count). The zero-order chi connectivity index (χ0) is 27.2. The molecule has 2 fully saturated rings. The van der Waals surface area contributed by atoms with Gasteiger partial charge in [0.2, 0.25) is 17.7 Å². The van der Waals surface area contributed by atoms with Crippen molar-refractivity contribution >= 4 is 52.8 Å². The quantitative estimate of drug-likeness (QED) is 0.263. The predicted octanol–water partition coefficient (Wildman–Crippen LogP) is 0.899. The molecule has 0 aliphatic carbocycles. The minimum absolute atomic E-state index is 0.0618. The summed E-state index contributed by atoms with van der Waals surface area (Å²) in [5, 5.41) is 37.3. The van der Waals surface area contributed by atoms with E-state index in [2.05, 4.69) is 16.0 Å². The lowest BCUT2D eigenvalue weighted by atomic mass is 9.79. The normalized spacial score (nSPS) is 27.4. The maximum Gasteiger partial charge on any atom is 0.353 e. The molecule has 0 spiro atoms. The first-order chi connectivity index (χ1) is 17.4. The fourth-order valence-corrected chi connectivity index (χ4v) is 6.66. The number of amides is 3. The van der Waals surface area contributed by atoms with Crippen molar-refractivity contribution in [2.75, 3.05) is 17.2 Å². The summed E-state index contributed by atoms with van der Waals surface area (Å²) in [5.41, 5.74) is 0.271. The van der Waals surface area contributed by atoms with Crippen molar-refractivity contribution in [3.05, 3.63) is 34.4 Å². The van der Waals surface area contributed by atoms with E-state index in [1.54, 1.807) is 0 Å². The van der Waals surface area contributed by atoms with Gasteiger partial charge in [-0.05, 0) is 31.5 Å². The molecule has 0 radical (unpaired) electrons. The van der Waals surface area contributed by atoms with E-state index in [4.69, 9.17) is 0 Å². The molecule has 6 atom stereocenters. The lowest BCUT2D eigenvalue weighted by molar-refractivity contribution is -0.163. The number of benzene rings is 1. The van der Waals surface area contributed by atoms with Crippen LogP contribution in [0.5, 0.6) is 0 Å². The van der Waals surface area contributed by atoms with Crippen LogP contribution in [-0.4, -0.2) is 79.9 Å². The molecular formula is C24H28N4O8S. The minimum Gasteiger partial charge on any atom is -0.478 e. The Hall–Kier alpha value is -3.42. The third kappa shape index (κ3) is 5.06. The number of fused-ring (bicyclic) bond motifs is 1. The summed E-state index contributed by atoms with van der Waals surface area (Å²) in [6, 6.07) is 3.00. The van der Waals surface area contributed by atoms with Crippen LogP contribution in [-0.2, 0) is 19.2 Å². The van der Waals surface area contributed by atoms with Crippen LogP contribution < -0.4 is 16.0 Å². The van der Waals surface area contributed by atoms with Crippen molar-refractivity contribution in [3.8, 4) is 0 Å². The Morgan fingerprint density at radius 3 is 2.32 bits per heavy atom. The molecule has 0 bridgehead atoms. The highest BCUT2D eigenvalue weighted by Crippen LogP contribution is 2.51. The van der Waals surface area contributed by atoms with Gasteiger partial charge in [-0.2, -0.15) is 0 Å². The lowest BCUT2D eigenvalue weighted by Gasteiger charge is -2.46. The summed E-state index contributed by atoms with van der Waals surface area (Å²) in [4.78, 5) is 62.1. The monoisotopic (exact) mass is 532 g/mol. The molecule has 6 N–H and O–H groups in total. The number of thioether (sulfide) groups is 1. The van der Waals surface area contributed by atoms with Gasteiger partial charge in [0.05, 0.1) is 29.7 Å². The van der Waals surface area contributed by atoms with Gasteiger partial charge in [-0.3, -0.25) is 14.4 Å². The molecule has 198 valence electrons. The van der Waals surface area contributed by atoms with E-state index in [1.165, 1.54) is 48.7 Å². The van der Waals surface area contributed by atoms with Gasteiger partial charge in [-0.25, -0.2) is 9.59 Å². The van der Waals surface area contributed by atoms with Crippen molar-refractivity contribution in [1.29, 1.82) is 0 Å². The standard InChI is InChI=1S/C24H28N4O8S/c1-9-18-17(10(2)29)22(32)28(18)19(24(35)36)20(9)37-15-7-16(25-8-15)21(31)27-14-5-12(23(33)34)4-13(6-14)26-11(3)30/h4-6,9-10,15-18,25,29H,7-8H2,1-3H3,(H,26,30)(H,27,31)(H,33,34)(H,35,36). The third-order valence-electron chi connectivity index (χ3n) is 6.78. The summed E-state index contributed by atoms with van der Waals surface area (Å²) in [7, 11) is 0. The van der Waals surface area contributed by atoms with Crippen molar-refractivity contribution in [1.82, 2.24) is 10.2 Å². The van der Waals surface area contributed by atoms with Gasteiger partial charge in [0.1, 0.15) is 5.70 Å². The molecule has 37 heavy (non-hydrogen) atoms. The van der Waals surface area contributed by atoms with Crippen molar-refractivity contribution < 1.29 is 39.3 Å². The number of aliphatic carboxylic acids is 1. The number of carbonyl (C=O) groups excluding carboxylic acids is 3. The van der Waals surface area contributed by atoms with E-state index >= 15 is 0 Å². The maximum atomic E-state index is 12.9. The number of aliphatic hydroxyl groups excluding tert-OH is 1. The number of rotatable bonds is 8. The van der Waals surface area contributed by atoms with Crippen molar-refractivity contribution in [3.63, 3.8) is 0 Å². The Morgan fingerprint density at radius 1 is 1.11 bits per heavy atom. The van der Waals surface area contributed by atoms with Crippen LogP contribution >= 0.6 is 11.8 Å². The van der Waals surface area contributed by atoms with Crippen LogP contribution in [0.2, 0.25) is 0 Å². The van der Waals surface area contributed by atoms with E-state index in [0.717, 1.165) is 0 Å². The van der Waals surface area contributed by atoms with E-state index in [-0.39, 0.29) is 39.7 Å². The summed E-state index contributed by atoms with van der Waals surface area (Å²) in [6.45, 7) is 5.06. The Morgan fingerprint density at radius 2 is 1.76 bits per heavy atom. The van der Waals surface area contributed by atoms with Gasteiger partial charge in [-0.15, -0.1) is 11.8 Å². The number of anilines is 2. The Kier molecular flexibility index (Phi) is 7.31. The number of aromatic carboxylic acids is 1. The van der Waals surface area contributed by atoms with Gasteiger partial charge in [-0.1, -0.05) is 6.92 Å². The van der Waals surface area contributed by atoms with Crippen LogP contribution in [0, 0.1) is 11.8 Å². The van der Waals surface area contributed by atoms with Crippen LogP contribution in [0.1, 0.15) is 37.6 Å². The maximum absolute atomic E-state index is 12.9. The van der Waals surface area contributed by atoms with Crippen LogP contribution in [0.4, 0.5) is 11.4 Å². The average molecular weight is 533 g/mol. The van der Waals surface area contributed by atoms with Crippen LogP contribution in [0.25, 0.3) is 0 Å². The van der Waals surface area contributed by atoms with Crippen LogP contribution in [0.15, 0.2) is 28.8 Å². The molecule has 3 aliphatic rings. The molecule has 13 heteroatoms. The topological polar surface area (TPSA) is 185 Å². The zero-order valence-electron chi connectivity index (χ0n) is 20.3. The number of aliphatic hydroxyl groups is 1. The molecule has 0 saturated carbocycles. The summed E-state index contributed by atoms with van der Waals surface area (Å²) in [6.07, 6.45) is -0.516. The first-order valence-electron chi connectivity index (χ1n) is 11.7. The van der Waals surface area contributed by atoms with Crippen molar-refractivity contribution in [2.45, 2.75) is 50.6 Å². The summed E-state index contributed by atoms with van der Waals surface area (Å²) >= 11 is 1.32. The van der Waals surface area contributed by atoms with E-state index in [0.29, 0.717) is 17.9 Å². The molecular weight excluding hydrogens is 504 g/mol. The third-order valence-corrected chi connectivity index (χ3v) is 8.29. The fraction of sp³-hybridized carbons (Fsp3) is 0.458. The molecule has 2 saturated heterocycles. The average Bonchev–Trinajstić information content (AvgIpc) is 3.35. The number of nitrogens with one attached hydrogen (secondary N) is 3. The van der Waals surface area contributed by atoms with Gasteiger partial charge < -0.3 is 36.2 Å². The number of β-lactam (4-membered cyclic amide) rings is 1. The number of carbonyl (C=O) groups is 5. The second kappa shape index (κ2) is 10.1. The Labute approximate surface area is 216 Å². The molecule has 12 nitrogen and oxygen atoms in total. The highest BCUT2D eigenvalue weighted by atomic mass is 32.2. The number of carboxylic acids is 2. The molecule has 3 aliphatic heterocycles. The second-order valence-corrected chi connectivity index (χ2v) is 10.8. The molecule has 3 heterocycles. The number of hydrogen-bond donors (Lipinski definition) is 6. The number of carboxylic acid groups (broad SMARTS) is 2. The van der Waals surface area contributed by atoms with Gasteiger partial charge in [0, 0.05) is 40.9 Å². The molecule has 3 amide bonds. The SMILES string of the molecule is CC(=O)Nc1cc(NC(=O)C2CC(SC3=C(C(=O)O)N4C(=O)C(C(C)O)C4C3C)CN2)cc(C(=O)O)c1. The summed E-state index contributed by atoms with van der Waals surface area (Å²) < 4.78 is 0. The molecule has 6 unspecified atom stereocenters. The minimum atomic E-state index is -1.22. The fourth-order valence-electron chi connectivity index (χ4n) is 5.18. The highest BCUT2D eigenvalue weighted by molar-refractivity contribution is 8.03. The summed E-state index contributed by atoms with van der Waals surface area (Å²) in [5.74, 6) is -4.53. The number of hydrogen-bond acceptors (Lipinski definition) is 8. The highest BCUT2D eigenvalue weighted by Gasteiger charge is 2.60. The Balaban J connectivity index is 1.45. The van der Waals surface area contributed by atoms with E-state index in [1.807, 2.05) is 6.92 Å². The smallest absolute Gasteiger partial charge is 0.353 e. The first-order valence-corrected chi connectivity index (χ1v) is 12.6. The van der Waals surface area contributed by atoms with E-state index in [9.17, 15) is 39.3 Å². The van der Waals surface area contributed by atoms with Crippen molar-refractivity contribution in [2.24, 2.45) is 11.8 Å². The largest absolute Gasteiger partial charge is 0.478 e. The molecule has 1 aromatic rings. The molecule has 0 aromatic heterocycles. The molecule has 1 aromatic carbocycles. The van der Waals surface area contributed by atoms with Crippen LogP contribution in [0.3, 0.4) is 0 Å². The number of nitrogens with zero attached hydrogens (tertiary/aromatic N) is 1.